The Bertz CT molecular complexity index is 518. The minimum absolute atomic E-state index is 0.177. The predicted octanol–water partition coefficient (Wildman–Crippen LogP) is 0.497. The zero-order valence-corrected chi connectivity index (χ0v) is 14.2. The van der Waals surface area contributed by atoms with Gasteiger partial charge in [-0.25, -0.2) is 12.7 Å². The lowest BCUT2D eigenvalue weighted by Gasteiger charge is -2.31. The Morgan fingerprint density at radius 1 is 1.14 bits per heavy atom. The minimum atomic E-state index is -2.99. The summed E-state index contributed by atoms with van der Waals surface area (Å²) in [5.74, 6) is 0.479. The zero-order chi connectivity index (χ0) is 15.7. The number of carbonyl (C=O) groups excluding carboxylic acids is 1. The molecule has 0 bridgehead atoms. The summed E-state index contributed by atoms with van der Waals surface area (Å²) in [5, 5.41) is 0. The van der Waals surface area contributed by atoms with E-state index < -0.39 is 10.0 Å². The van der Waals surface area contributed by atoms with Crippen molar-refractivity contribution in [2.24, 2.45) is 0 Å². The first-order valence-corrected chi connectivity index (χ1v) is 10.1. The van der Waals surface area contributed by atoms with Crippen LogP contribution in [-0.2, 0) is 14.8 Å². The van der Waals surface area contributed by atoms with Gasteiger partial charge in [-0.3, -0.25) is 9.69 Å². The van der Waals surface area contributed by atoms with Crippen LogP contribution in [0.5, 0.6) is 0 Å². The van der Waals surface area contributed by atoms with Gasteiger partial charge in [0.1, 0.15) is 0 Å². The maximum absolute atomic E-state index is 11.9. The van der Waals surface area contributed by atoms with Gasteiger partial charge in [-0.15, -0.1) is 0 Å². The summed E-state index contributed by atoms with van der Waals surface area (Å²) in [4.78, 5) is 16.2. The Morgan fingerprint density at radius 2 is 1.91 bits per heavy atom. The molecule has 0 spiro atoms. The van der Waals surface area contributed by atoms with Gasteiger partial charge in [0.15, 0.2) is 0 Å². The number of rotatable bonds is 6. The topological polar surface area (TPSA) is 60.9 Å². The van der Waals surface area contributed by atoms with E-state index in [2.05, 4.69) is 4.90 Å². The van der Waals surface area contributed by atoms with Crippen LogP contribution in [0.3, 0.4) is 0 Å². The van der Waals surface area contributed by atoms with Crippen molar-refractivity contribution >= 4 is 15.9 Å². The van der Waals surface area contributed by atoms with E-state index >= 15 is 0 Å². The second-order valence-corrected chi connectivity index (χ2v) is 8.89. The molecule has 3 fully saturated rings. The van der Waals surface area contributed by atoms with Crippen molar-refractivity contribution in [3.05, 3.63) is 0 Å². The minimum Gasteiger partial charge on any atom is -0.338 e. The van der Waals surface area contributed by atoms with Gasteiger partial charge in [-0.05, 0) is 38.6 Å². The van der Waals surface area contributed by atoms with Crippen LogP contribution in [-0.4, -0.2) is 79.0 Å². The number of hydrogen-bond acceptors (Lipinski definition) is 4. The highest BCUT2D eigenvalue weighted by atomic mass is 32.2. The molecule has 0 aromatic rings. The largest absolute Gasteiger partial charge is 0.338 e. The Labute approximate surface area is 133 Å². The van der Waals surface area contributed by atoms with Gasteiger partial charge < -0.3 is 4.90 Å². The van der Waals surface area contributed by atoms with Gasteiger partial charge in [0.05, 0.1) is 5.75 Å². The summed E-state index contributed by atoms with van der Waals surface area (Å²) < 4.78 is 25.4. The predicted molar refractivity (Wildman–Crippen MR) is 85.0 cm³/mol. The molecule has 126 valence electrons. The first kappa shape index (κ1) is 16.2. The van der Waals surface area contributed by atoms with Crippen molar-refractivity contribution in [1.29, 1.82) is 0 Å². The van der Waals surface area contributed by atoms with E-state index in [1.807, 2.05) is 4.90 Å². The average molecular weight is 329 g/mol. The third-order valence-corrected chi connectivity index (χ3v) is 7.09. The van der Waals surface area contributed by atoms with Gasteiger partial charge in [0, 0.05) is 45.2 Å². The summed E-state index contributed by atoms with van der Waals surface area (Å²) >= 11 is 0. The molecule has 1 aliphatic carbocycles. The van der Waals surface area contributed by atoms with Gasteiger partial charge in [0.2, 0.25) is 15.9 Å². The molecule has 7 heteroatoms. The van der Waals surface area contributed by atoms with E-state index in [9.17, 15) is 13.2 Å². The highest BCUT2D eigenvalue weighted by Crippen LogP contribution is 2.29. The monoisotopic (exact) mass is 329 g/mol. The van der Waals surface area contributed by atoms with Gasteiger partial charge >= 0.3 is 0 Å². The Morgan fingerprint density at radius 3 is 2.50 bits per heavy atom. The van der Waals surface area contributed by atoms with Crippen molar-refractivity contribution in [2.45, 2.75) is 51.1 Å². The normalized spacial score (nSPS) is 29.0. The first-order chi connectivity index (χ1) is 10.5. The van der Waals surface area contributed by atoms with Crippen LogP contribution in [0.4, 0.5) is 0 Å². The lowest BCUT2D eigenvalue weighted by Crippen LogP contribution is -2.45. The van der Waals surface area contributed by atoms with Crippen LogP contribution in [0, 0.1) is 0 Å². The van der Waals surface area contributed by atoms with Crippen molar-refractivity contribution in [3.63, 3.8) is 0 Å². The van der Waals surface area contributed by atoms with Gasteiger partial charge in [0.25, 0.3) is 0 Å². The standard InChI is InChI=1S/C15H27N3O3S/c1-13(19)18(14-5-6-14)12-15-4-2-7-16(15)9-10-17-8-3-11-22(17,20)21/h14-15H,2-12H2,1H3. The summed E-state index contributed by atoms with van der Waals surface area (Å²) in [6.45, 7) is 5.56. The second-order valence-electron chi connectivity index (χ2n) is 6.80. The Kier molecular flexibility index (Phi) is 4.75. The first-order valence-electron chi connectivity index (χ1n) is 8.46. The van der Waals surface area contributed by atoms with Crippen LogP contribution in [0.25, 0.3) is 0 Å². The Hall–Kier alpha value is -0.660. The molecule has 0 radical (unpaired) electrons. The van der Waals surface area contributed by atoms with Crippen LogP contribution >= 0.6 is 0 Å². The third-order valence-electron chi connectivity index (χ3n) is 5.14. The molecule has 22 heavy (non-hydrogen) atoms. The molecule has 6 nitrogen and oxygen atoms in total. The molecule has 2 heterocycles. The molecule has 0 aromatic carbocycles. The number of carbonyl (C=O) groups is 1. The summed E-state index contributed by atoms with van der Waals surface area (Å²) in [6, 6.07) is 0.855. The maximum Gasteiger partial charge on any atom is 0.219 e. The van der Waals surface area contributed by atoms with E-state index in [0.717, 1.165) is 51.7 Å². The highest BCUT2D eigenvalue weighted by molar-refractivity contribution is 7.89. The van der Waals surface area contributed by atoms with Gasteiger partial charge in [-0.1, -0.05) is 0 Å². The lowest BCUT2D eigenvalue weighted by atomic mass is 10.2. The van der Waals surface area contributed by atoms with Crippen molar-refractivity contribution < 1.29 is 13.2 Å². The van der Waals surface area contributed by atoms with Gasteiger partial charge in [-0.2, -0.15) is 0 Å². The van der Waals surface area contributed by atoms with E-state index in [1.54, 1.807) is 11.2 Å². The van der Waals surface area contributed by atoms with Crippen LogP contribution in [0.2, 0.25) is 0 Å². The molecule has 1 saturated carbocycles. The van der Waals surface area contributed by atoms with Crippen molar-refractivity contribution in [1.82, 2.24) is 14.1 Å². The molecule has 1 amide bonds. The SMILES string of the molecule is CC(=O)N(CC1CCCN1CCN1CCCS1(=O)=O)C1CC1. The molecule has 2 aliphatic heterocycles. The van der Waals surface area contributed by atoms with E-state index in [4.69, 9.17) is 0 Å². The summed E-state index contributed by atoms with van der Waals surface area (Å²) in [7, 11) is -2.99. The molecule has 1 atom stereocenters. The molecule has 1 unspecified atom stereocenters. The van der Waals surface area contributed by atoms with E-state index in [0.29, 0.717) is 30.9 Å². The molecular formula is C15H27N3O3S. The van der Waals surface area contributed by atoms with E-state index in [-0.39, 0.29) is 5.91 Å². The van der Waals surface area contributed by atoms with E-state index in [1.165, 1.54) is 0 Å². The summed E-state index contributed by atoms with van der Waals surface area (Å²) in [6.07, 6.45) is 5.29. The second kappa shape index (κ2) is 6.45. The number of sulfonamides is 1. The zero-order valence-electron chi connectivity index (χ0n) is 13.4. The fourth-order valence-electron chi connectivity index (χ4n) is 3.73. The fourth-order valence-corrected chi connectivity index (χ4v) is 5.25. The third kappa shape index (κ3) is 3.63. The lowest BCUT2D eigenvalue weighted by molar-refractivity contribution is -0.130. The molecule has 2 saturated heterocycles. The molecular weight excluding hydrogens is 302 g/mol. The molecule has 0 aromatic heterocycles. The molecule has 3 rings (SSSR count). The number of hydrogen-bond donors (Lipinski definition) is 0. The van der Waals surface area contributed by atoms with Crippen molar-refractivity contribution in [2.75, 3.05) is 38.5 Å². The summed E-state index contributed by atoms with van der Waals surface area (Å²) in [5.41, 5.74) is 0. The number of nitrogens with zero attached hydrogens (tertiary/aromatic N) is 3. The highest BCUT2D eigenvalue weighted by Gasteiger charge is 2.35. The number of amides is 1. The quantitative estimate of drug-likeness (QED) is 0.712. The molecule has 0 N–H and O–H groups in total. The van der Waals surface area contributed by atoms with Crippen LogP contribution in [0.1, 0.15) is 39.0 Å². The van der Waals surface area contributed by atoms with Crippen LogP contribution in [0.15, 0.2) is 0 Å². The molecule has 3 aliphatic rings. The fraction of sp³-hybridized carbons (Fsp3) is 0.933. The average Bonchev–Trinajstić information content (AvgIpc) is 3.09. The van der Waals surface area contributed by atoms with Crippen molar-refractivity contribution in [3.8, 4) is 0 Å². The van der Waals surface area contributed by atoms with Crippen LogP contribution < -0.4 is 0 Å². The Balaban J connectivity index is 1.53. The smallest absolute Gasteiger partial charge is 0.219 e. The number of likely N-dealkylation sites (tertiary alicyclic amines) is 1. The maximum atomic E-state index is 11.9.